The third-order valence-corrected chi connectivity index (χ3v) is 10.6. The molecule has 0 spiro atoms. The third-order valence-electron chi connectivity index (χ3n) is 8.75. The summed E-state index contributed by atoms with van der Waals surface area (Å²) in [6.45, 7) is 7.20. The van der Waals surface area contributed by atoms with Gasteiger partial charge in [0.15, 0.2) is 11.5 Å². The lowest BCUT2D eigenvalue weighted by atomic mass is 9.96. The Balaban J connectivity index is 0.000000283. The van der Waals surface area contributed by atoms with Crippen molar-refractivity contribution in [3.05, 3.63) is 71.3 Å². The highest BCUT2D eigenvalue weighted by Gasteiger charge is 2.24. The summed E-state index contributed by atoms with van der Waals surface area (Å²) in [5.74, 6) is 1.81. The van der Waals surface area contributed by atoms with Gasteiger partial charge in [-0.2, -0.15) is 0 Å². The van der Waals surface area contributed by atoms with Crippen LogP contribution >= 0.6 is 7.60 Å². The van der Waals surface area contributed by atoms with Gasteiger partial charge in [-0.05, 0) is 49.9 Å². The van der Waals surface area contributed by atoms with Crippen LogP contribution in [0.1, 0.15) is 59.4 Å². The van der Waals surface area contributed by atoms with E-state index in [1.807, 2.05) is 12.1 Å². The molecule has 1 aliphatic carbocycles. The molecule has 3 aromatic rings. The van der Waals surface area contributed by atoms with Crippen LogP contribution in [0.2, 0.25) is 0 Å². The van der Waals surface area contributed by atoms with Crippen molar-refractivity contribution in [3.8, 4) is 17.2 Å². The van der Waals surface area contributed by atoms with E-state index < -0.39 is 29.4 Å². The first-order valence-electron chi connectivity index (χ1n) is 18.1. The maximum atomic E-state index is 12.4. The molecular formula is C36H52N7O12PS. The largest absolute Gasteiger partial charge is 0.493 e. The number of urea groups is 1. The van der Waals surface area contributed by atoms with Gasteiger partial charge in [-0.25, -0.2) is 32.3 Å². The first-order chi connectivity index (χ1) is 27.1. The molecule has 2 heterocycles. The number of nitrogens with one attached hydrogen (secondary N) is 4. The number of hydrogen-bond donors (Lipinski definition) is 7. The van der Waals surface area contributed by atoms with Crippen LogP contribution in [-0.2, 0) is 27.6 Å². The quantitative estimate of drug-likeness (QED) is 0.122. The Kier molecular flexibility index (Phi) is 18.6. The molecule has 2 aromatic carbocycles. The van der Waals surface area contributed by atoms with Gasteiger partial charge in [-0.15, -0.1) is 0 Å². The van der Waals surface area contributed by atoms with Gasteiger partial charge in [0.05, 0.1) is 38.1 Å². The summed E-state index contributed by atoms with van der Waals surface area (Å²) >= 11 is 0. The van der Waals surface area contributed by atoms with E-state index in [2.05, 4.69) is 35.5 Å². The van der Waals surface area contributed by atoms with Crippen LogP contribution in [0.15, 0.2) is 53.7 Å². The molecule has 0 radical (unpaired) electrons. The van der Waals surface area contributed by atoms with Gasteiger partial charge in [-0.3, -0.25) is 14.7 Å². The molecule has 2 aliphatic rings. The van der Waals surface area contributed by atoms with Crippen molar-refractivity contribution in [2.75, 3.05) is 54.1 Å². The molecule has 21 heteroatoms. The van der Waals surface area contributed by atoms with Crippen molar-refractivity contribution in [2.45, 2.75) is 62.9 Å². The molecule has 1 saturated carbocycles. The van der Waals surface area contributed by atoms with Gasteiger partial charge in [0.25, 0.3) is 15.9 Å². The first kappa shape index (κ1) is 46.5. The van der Waals surface area contributed by atoms with Gasteiger partial charge < -0.3 is 45.1 Å². The van der Waals surface area contributed by atoms with E-state index in [0.29, 0.717) is 24.5 Å². The van der Waals surface area contributed by atoms with Crippen LogP contribution < -0.4 is 34.9 Å². The molecule has 7 N–H and O–H groups in total. The van der Waals surface area contributed by atoms with Crippen molar-refractivity contribution in [1.29, 1.82) is 0 Å². The zero-order chi connectivity index (χ0) is 42.0. The van der Waals surface area contributed by atoms with Crippen LogP contribution in [0.3, 0.4) is 0 Å². The fourth-order valence-corrected chi connectivity index (χ4v) is 6.71. The maximum absolute atomic E-state index is 12.4. The second-order valence-electron chi connectivity index (χ2n) is 13.0. The zero-order valence-corrected chi connectivity index (χ0v) is 34.1. The number of methoxy groups -OCH3 is 3. The molecule has 0 unspecified atom stereocenters. The Labute approximate surface area is 332 Å². The van der Waals surface area contributed by atoms with Crippen molar-refractivity contribution in [2.24, 2.45) is 0 Å². The minimum absolute atomic E-state index is 0.00834. The van der Waals surface area contributed by atoms with E-state index in [4.69, 9.17) is 29.1 Å². The Morgan fingerprint density at radius 2 is 1.54 bits per heavy atom. The molecule has 1 aromatic heterocycles. The second-order valence-corrected chi connectivity index (χ2v) is 16.1. The summed E-state index contributed by atoms with van der Waals surface area (Å²) in [5.41, 5.74) is 0.854. The van der Waals surface area contributed by atoms with E-state index in [9.17, 15) is 27.4 Å². The average molecular weight is 838 g/mol. The molecule has 3 amide bonds. The topological polar surface area (TPSA) is 268 Å². The molecule has 0 bridgehead atoms. The summed E-state index contributed by atoms with van der Waals surface area (Å²) < 4.78 is 52.6. The summed E-state index contributed by atoms with van der Waals surface area (Å²) in [5, 5.41) is 16.3. The van der Waals surface area contributed by atoms with Crippen LogP contribution in [0.4, 0.5) is 9.59 Å². The smallest absolute Gasteiger partial charge is 0.433 e. The Morgan fingerprint density at radius 3 is 2.09 bits per heavy atom. The molecule has 1 saturated heterocycles. The number of carbonyl (C=O) groups is 3. The van der Waals surface area contributed by atoms with E-state index in [1.54, 1.807) is 40.4 Å². The number of nitrogens with zero attached hydrogens (tertiary/aromatic N) is 3. The number of ether oxygens (including phenoxy) is 3. The molecule has 57 heavy (non-hydrogen) atoms. The molecular weight excluding hydrogens is 785 g/mol. The van der Waals surface area contributed by atoms with Crippen molar-refractivity contribution >= 4 is 35.3 Å². The zero-order valence-electron chi connectivity index (χ0n) is 32.4. The normalized spacial score (nSPS) is 14.7. The molecule has 19 nitrogen and oxygen atoms in total. The SMILES string of the molecule is COc1ccc(CN2CCNCC2)c(OC)c1OC.Cc1cnc(C(=O)NCCc2ccc(S(=O)(=O)NC(=O)NC3CCCCC3)cc2)cn1.O=C(O)P(=O)(O)O. The lowest BCUT2D eigenvalue weighted by Gasteiger charge is -2.28. The van der Waals surface area contributed by atoms with Gasteiger partial charge in [0, 0.05) is 57.1 Å². The van der Waals surface area contributed by atoms with Crippen molar-refractivity contribution in [1.82, 2.24) is 35.5 Å². The Morgan fingerprint density at radius 1 is 0.912 bits per heavy atom. The van der Waals surface area contributed by atoms with Crippen LogP contribution in [-0.4, -0.2) is 116 Å². The minimum Gasteiger partial charge on any atom is -0.493 e. The number of benzene rings is 2. The number of amides is 3. The van der Waals surface area contributed by atoms with E-state index >= 15 is 0 Å². The number of rotatable bonds is 13. The average Bonchev–Trinajstić information content (AvgIpc) is 3.18. The molecule has 2 fully saturated rings. The predicted molar refractivity (Wildman–Crippen MR) is 209 cm³/mol. The van der Waals surface area contributed by atoms with Gasteiger partial charge in [-0.1, -0.05) is 37.5 Å². The van der Waals surface area contributed by atoms with E-state index in [-0.39, 0.29) is 22.5 Å². The maximum Gasteiger partial charge on any atom is 0.433 e. The Hall–Kier alpha value is -4.85. The number of carboxylic acid groups (broad SMARTS) is 1. The van der Waals surface area contributed by atoms with Crippen molar-refractivity contribution in [3.63, 3.8) is 0 Å². The van der Waals surface area contributed by atoms with Crippen LogP contribution in [0.25, 0.3) is 0 Å². The summed E-state index contributed by atoms with van der Waals surface area (Å²) in [7, 11) is -3.84. The molecule has 1 aliphatic heterocycles. The summed E-state index contributed by atoms with van der Waals surface area (Å²) in [4.78, 5) is 59.0. The fraction of sp³-hybridized carbons (Fsp3) is 0.472. The fourth-order valence-electron chi connectivity index (χ4n) is 5.80. The molecule has 5 rings (SSSR count). The van der Waals surface area contributed by atoms with Crippen LogP contribution in [0, 0.1) is 6.92 Å². The predicted octanol–water partition coefficient (Wildman–Crippen LogP) is 3.04. The van der Waals surface area contributed by atoms with Crippen molar-refractivity contribution < 1.29 is 56.5 Å². The minimum atomic E-state index is -4.82. The lowest BCUT2D eigenvalue weighted by molar-refractivity contribution is 0.0948. The number of aryl methyl sites for hydroxylation is 1. The third kappa shape index (κ3) is 15.5. The number of piperazine rings is 1. The highest BCUT2D eigenvalue weighted by molar-refractivity contribution is 7.90. The lowest BCUT2D eigenvalue weighted by Crippen LogP contribution is -2.45. The highest BCUT2D eigenvalue weighted by atomic mass is 32.2. The highest BCUT2D eigenvalue weighted by Crippen LogP contribution is 2.40. The Bertz CT molecular complexity index is 1920. The molecule has 314 valence electrons. The van der Waals surface area contributed by atoms with E-state index in [1.165, 1.54) is 24.5 Å². The van der Waals surface area contributed by atoms with E-state index in [0.717, 1.165) is 87.4 Å². The van der Waals surface area contributed by atoms with Gasteiger partial charge >= 0.3 is 19.3 Å². The number of hydrogen-bond acceptors (Lipinski definition) is 13. The number of sulfonamides is 1. The summed E-state index contributed by atoms with van der Waals surface area (Å²) in [6, 6.07) is 9.50. The first-order valence-corrected chi connectivity index (χ1v) is 21.2. The van der Waals surface area contributed by atoms with Gasteiger partial charge in [0.1, 0.15) is 5.69 Å². The monoisotopic (exact) mass is 837 g/mol. The number of aromatic nitrogens is 2. The molecule has 0 atom stereocenters. The standard InChI is InChI=1S/C21H27N5O4S.C14H22N2O3.CH3O5P/c1-15-13-24-19(14-23-15)20(27)22-12-11-16-7-9-18(10-8-16)31(29,30)26-21(28)25-17-5-3-2-4-6-17;1-17-12-5-4-11(13(18-2)14(12)19-3)10-16-8-6-15-7-9-16;2-1(3)7(4,5)6/h7-10,13-14,17H,2-6,11-12H2,1H3,(H,22,27)(H2,25,26,28);4-5,15H,6-10H2,1-3H3;(H,2,3)(H2,4,5,6). The summed E-state index contributed by atoms with van der Waals surface area (Å²) in [6.07, 6.45) is 8.43. The van der Waals surface area contributed by atoms with Gasteiger partial charge in [0.2, 0.25) is 5.75 Å². The van der Waals surface area contributed by atoms with Crippen LogP contribution in [0.5, 0.6) is 17.2 Å². The second kappa shape index (κ2) is 22.8. The number of carbonyl (C=O) groups excluding carboxylic acids is 2.